The van der Waals surface area contributed by atoms with Crippen molar-refractivity contribution in [2.45, 2.75) is 54.4 Å². The normalized spacial score (nSPS) is 21.0. The van der Waals surface area contributed by atoms with Crippen molar-refractivity contribution in [3.63, 3.8) is 0 Å². The summed E-state index contributed by atoms with van der Waals surface area (Å²) in [7, 11) is -4.54. The van der Waals surface area contributed by atoms with Crippen LogP contribution < -0.4 is 19.7 Å². The first kappa shape index (κ1) is 47.2. The van der Waals surface area contributed by atoms with Gasteiger partial charge in [-0.15, -0.1) is 0 Å². The lowest BCUT2D eigenvalue weighted by molar-refractivity contribution is -0.384. The molecule has 0 spiro atoms. The summed E-state index contributed by atoms with van der Waals surface area (Å²) in [4.78, 5) is 32.0. The third-order valence-corrected chi connectivity index (χ3v) is 14.5. The number of carbonyl (C=O) groups excluding carboxylic acids is 1. The van der Waals surface area contributed by atoms with E-state index in [2.05, 4.69) is 61.2 Å². The molecule has 2 unspecified atom stereocenters. The van der Waals surface area contributed by atoms with E-state index in [1.165, 1.54) is 42.5 Å². The highest BCUT2D eigenvalue weighted by Crippen LogP contribution is 2.38. The maximum atomic E-state index is 13.9. The molecule has 1 aliphatic carbocycles. The lowest BCUT2D eigenvalue weighted by Crippen LogP contribution is -2.47. The van der Waals surface area contributed by atoms with Gasteiger partial charge < -0.3 is 29.3 Å². The zero-order valence-corrected chi connectivity index (χ0v) is 38.8. The molecule has 3 fully saturated rings. The van der Waals surface area contributed by atoms with E-state index in [1.807, 2.05) is 18.2 Å². The molecular weight excluding hydrogens is 880 g/mol. The minimum absolute atomic E-state index is 0.0171. The second-order valence-electron chi connectivity index (χ2n) is 17.4. The lowest BCUT2D eigenvalue weighted by Gasteiger charge is -2.38. The van der Waals surface area contributed by atoms with E-state index >= 15 is 0 Å². The molecule has 0 saturated carbocycles. The van der Waals surface area contributed by atoms with Crippen LogP contribution in [0.2, 0.25) is 0 Å². The summed E-state index contributed by atoms with van der Waals surface area (Å²) in [6, 6.07) is 28.0. The maximum Gasteiger partial charge on any atom is 0.293 e. The van der Waals surface area contributed by atoms with Crippen LogP contribution in [0.25, 0.3) is 0 Å². The first-order valence-corrected chi connectivity index (χ1v) is 24.9. The molecule has 350 valence electrons. The van der Waals surface area contributed by atoms with Gasteiger partial charge in [0.2, 0.25) is 0 Å². The molecule has 16 heteroatoms. The van der Waals surface area contributed by atoms with Gasteiger partial charge in [0.15, 0.2) is 5.06 Å². The molecule has 3 aliphatic heterocycles. The van der Waals surface area contributed by atoms with E-state index in [9.17, 15) is 23.3 Å². The summed E-state index contributed by atoms with van der Waals surface area (Å²) < 4.78 is 47.4. The number of nitrogens with zero attached hydrogens (tertiary/aromatic N) is 4. The van der Waals surface area contributed by atoms with Gasteiger partial charge in [-0.05, 0) is 111 Å². The fraction of sp³-hybridized carbons (Fsp3) is 0.420. The highest BCUT2D eigenvalue weighted by Gasteiger charge is 2.32. The Morgan fingerprint density at radius 1 is 0.879 bits per heavy atom. The summed E-state index contributed by atoms with van der Waals surface area (Å²) >= 11 is 7.17. The fourth-order valence-electron chi connectivity index (χ4n) is 9.10. The van der Waals surface area contributed by atoms with Crippen molar-refractivity contribution in [1.29, 1.82) is 0 Å². The van der Waals surface area contributed by atoms with Crippen molar-refractivity contribution < 1.29 is 32.3 Å². The molecule has 4 aromatic rings. The van der Waals surface area contributed by atoms with Gasteiger partial charge in [0.1, 0.15) is 17.2 Å². The molecule has 2 atom stereocenters. The maximum absolute atomic E-state index is 13.9. The number of benzene rings is 4. The Morgan fingerprint density at radius 2 is 1.61 bits per heavy atom. The van der Waals surface area contributed by atoms with Crippen LogP contribution >= 0.6 is 11.6 Å². The smallest absolute Gasteiger partial charge is 0.293 e. The largest absolute Gasteiger partial charge is 0.456 e. The van der Waals surface area contributed by atoms with E-state index < -0.39 is 36.5 Å². The number of sulfonamides is 1. The van der Waals surface area contributed by atoms with Crippen molar-refractivity contribution in [2.75, 3.05) is 88.9 Å². The number of piperazine rings is 1. The molecule has 3 saturated heterocycles. The van der Waals surface area contributed by atoms with Crippen LogP contribution in [0.3, 0.4) is 0 Å². The zero-order valence-electron chi connectivity index (χ0n) is 37.2. The number of amides is 1. The minimum atomic E-state index is -4.54. The molecule has 4 aliphatic rings. The number of para-hydroxylation sites is 1. The molecule has 8 rings (SSSR count). The molecule has 14 nitrogen and oxygen atoms in total. The monoisotopic (exact) mass is 938 g/mol. The third kappa shape index (κ3) is 12.4. The van der Waals surface area contributed by atoms with E-state index in [0.29, 0.717) is 51.7 Å². The van der Waals surface area contributed by atoms with Crippen LogP contribution in [0.1, 0.15) is 60.4 Å². The van der Waals surface area contributed by atoms with Gasteiger partial charge in [-0.3, -0.25) is 19.8 Å². The quantitative estimate of drug-likeness (QED) is 0.0323. The van der Waals surface area contributed by atoms with Gasteiger partial charge >= 0.3 is 0 Å². The number of ether oxygens (including phenoxy) is 3. The molecule has 0 aromatic heterocycles. The van der Waals surface area contributed by atoms with E-state index in [0.717, 1.165) is 63.7 Å². The topological polar surface area (TPSA) is 156 Å². The van der Waals surface area contributed by atoms with E-state index in [4.69, 9.17) is 25.8 Å². The summed E-state index contributed by atoms with van der Waals surface area (Å²) in [5.74, 6) is 0.0153. The zero-order chi connectivity index (χ0) is 45.9. The number of rotatable bonds is 18. The second-order valence-corrected chi connectivity index (χ2v) is 19.7. The number of nitro groups is 1. The number of hydrogen-bond donors (Lipinski definition) is 2. The summed E-state index contributed by atoms with van der Waals surface area (Å²) in [5.41, 5.74) is 2.95. The molecular formula is C50H59ClN6O8S. The van der Waals surface area contributed by atoms with E-state index in [1.54, 1.807) is 42.5 Å². The minimum Gasteiger partial charge on any atom is -0.456 e. The standard InChI is InChI=1S/C50H59ClN6O8S/c51-50(64-30-10-25-54-23-8-3-9-24-54)22-19-44(39-11-4-1-5-12-39)40(35-50)37-55-26-28-56(29-27-55)41-15-17-45(48(33-41)65-42-13-6-2-7-14-42)49(58)53-66(61,62)43-16-18-46(47(34-43)57(59)60)52-36-38-20-31-63-32-21-38/h1-2,4-7,11-19,22,33-35,38,44,52H,3,8-10,20-21,23-32,36-37H2,(H,53,58). The van der Waals surface area contributed by atoms with Crippen LogP contribution in [0.5, 0.6) is 11.5 Å². The Kier molecular flexibility index (Phi) is 15.7. The molecule has 0 radical (unpaired) electrons. The fourth-order valence-corrected chi connectivity index (χ4v) is 10.4. The van der Waals surface area contributed by atoms with Crippen LogP contribution in [0.4, 0.5) is 17.1 Å². The average molecular weight is 940 g/mol. The molecule has 2 N–H and O–H groups in total. The van der Waals surface area contributed by atoms with Gasteiger partial charge in [0.25, 0.3) is 21.6 Å². The highest BCUT2D eigenvalue weighted by atomic mass is 35.5. The Balaban J connectivity index is 0.941. The summed E-state index contributed by atoms with van der Waals surface area (Å²) in [5, 5.41) is 14.2. The average Bonchev–Trinajstić information content (AvgIpc) is 3.33. The lowest BCUT2D eigenvalue weighted by atomic mass is 9.85. The number of carbonyl (C=O) groups is 1. The van der Waals surface area contributed by atoms with E-state index in [-0.39, 0.29) is 28.8 Å². The number of nitrogens with one attached hydrogen (secondary N) is 2. The molecule has 1 amide bonds. The number of alkyl halides is 1. The Hall–Kier alpha value is -5.29. The highest BCUT2D eigenvalue weighted by molar-refractivity contribution is 7.90. The number of piperidine rings is 1. The third-order valence-electron chi connectivity index (χ3n) is 12.8. The van der Waals surface area contributed by atoms with Gasteiger partial charge in [-0.25, -0.2) is 13.1 Å². The molecule has 4 aromatic carbocycles. The Labute approximate surface area is 392 Å². The summed E-state index contributed by atoms with van der Waals surface area (Å²) in [6.07, 6.45) is 12.7. The number of likely N-dealkylation sites (tertiary alicyclic amines) is 1. The van der Waals surface area contributed by atoms with Crippen molar-refractivity contribution in [2.24, 2.45) is 5.92 Å². The molecule has 0 bridgehead atoms. The predicted molar refractivity (Wildman–Crippen MR) is 257 cm³/mol. The van der Waals surface area contributed by atoms with Crippen molar-refractivity contribution in [3.05, 3.63) is 142 Å². The van der Waals surface area contributed by atoms with Gasteiger partial charge in [-0.2, -0.15) is 0 Å². The number of allylic oxidation sites excluding steroid dienone is 1. The first-order valence-electron chi connectivity index (χ1n) is 23.0. The van der Waals surface area contributed by atoms with Crippen molar-refractivity contribution in [3.8, 4) is 11.5 Å². The Bertz CT molecular complexity index is 2460. The second kappa shape index (κ2) is 22.0. The Morgan fingerprint density at radius 3 is 2.33 bits per heavy atom. The number of hydrogen-bond acceptors (Lipinski definition) is 12. The number of nitro benzene ring substituents is 1. The molecule has 66 heavy (non-hydrogen) atoms. The van der Waals surface area contributed by atoms with Gasteiger partial charge in [-0.1, -0.05) is 72.6 Å². The SMILES string of the molecule is O=C(NS(=O)(=O)c1ccc(NCC2CCOCC2)c([N+](=O)[O-])c1)c1ccc(N2CCN(CC3=CC(Cl)(OCCCN4CCCCC4)C=CC3c3ccccc3)CC2)cc1Oc1ccccc1. The first-order chi connectivity index (χ1) is 32.0. The van der Waals surface area contributed by atoms with Crippen LogP contribution in [-0.4, -0.2) is 113 Å². The molecule has 3 heterocycles. The predicted octanol–water partition coefficient (Wildman–Crippen LogP) is 8.57. The van der Waals surface area contributed by atoms with Gasteiger partial charge in [0, 0.05) is 82.8 Å². The number of halogens is 1. The summed E-state index contributed by atoms with van der Waals surface area (Å²) in [6.45, 7) is 9.21. The van der Waals surface area contributed by atoms with Crippen LogP contribution in [0.15, 0.2) is 126 Å². The van der Waals surface area contributed by atoms with Crippen molar-refractivity contribution >= 4 is 44.6 Å². The van der Waals surface area contributed by atoms with Crippen LogP contribution in [-0.2, 0) is 19.5 Å². The van der Waals surface area contributed by atoms with Crippen LogP contribution in [0, 0.1) is 16.0 Å². The number of anilines is 2. The van der Waals surface area contributed by atoms with Crippen molar-refractivity contribution in [1.82, 2.24) is 14.5 Å². The van der Waals surface area contributed by atoms with Gasteiger partial charge in [0.05, 0.1) is 22.0 Å².